The van der Waals surface area contributed by atoms with E-state index in [9.17, 15) is 10.1 Å². The van der Waals surface area contributed by atoms with Crippen LogP contribution < -0.4 is 0 Å². The molecule has 22 heavy (non-hydrogen) atoms. The Balaban J connectivity index is 2.19. The van der Waals surface area contributed by atoms with Crippen molar-refractivity contribution in [2.75, 3.05) is 12.4 Å². The third kappa shape index (κ3) is 4.01. The van der Waals surface area contributed by atoms with Crippen LogP contribution in [-0.4, -0.2) is 33.0 Å². The van der Waals surface area contributed by atoms with Gasteiger partial charge in [-0.2, -0.15) is 10.4 Å². The molecule has 1 aliphatic rings. The number of amides is 1. The Morgan fingerprint density at radius 2 is 2.27 bits per heavy atom. The van der Waals surface area contributed by atoms with Crippen molar-refractivity contribution in [3.8, 4) is 6.07 Å². The van der Waals surface area contributed by atoms with E-state index >= 15 is 0 Å². The second kappa shape index (κ2) is 6.70. The van der Waals surface area contributed by atoms with Crippen molar-refractivity contribution >= 4 is 17.5 Å². The van der Waals surface area contributed by atoms with Gasteiger partial charge in [0.05, 0.1) is 29.4 Å². The molecule has 1 heterocycles. The molecular weight excluding hydrogens is 300 g/mol. The fourth-order valence-electron chi connectivity index (χ4n) is 2.48. The molecule has 0 atom stereocenters. The van der Waals surface area contributed by atoms with Crippen molar-refractivity contribution in [3.05, 3.63) is 17.5 Å². The minimum atomic E-state index is -0.599. The molecular formula is C16H23ClN4O. The van der Waals surface area contributed by atoms with Crippen LogP contribution in [0.25, 0.3) is 0 Å². The van der Waals surface area contributed by atoms with E-state index in [4.69, 9.17) is 11.6 Å². The number of hydrogen-bond donors (Lipinski definition) is 0. The average Bonchev–Trinajstić information content (AvgIpc) is 3.27. The van der Waals surface area contributed by atoms with Crippen molar-refractivity contribution in [2.45, 2.75) is 52.6 Å². The van der Waals surface area contributed by atoms with Gasteiger partial charge in [-0.1, -0.05) is 0 Å². The van der Waals surface area contributed by atoms with Gasteiger partial charge in [0.1, 0.15) is 5.88 Å². The Hall–Kier alpha value is -1.54. The summed E-state index contributed by atoms with van der Waals surface area (Å²) in [7, 11) is 0. The number of aryl methyl sites for hydroxylation is 1. The van der Waals surface area contributed by atoms with Gasteiger partial charge in [-0.05, 0) is 39.7 Å². The zero-order valence-corrected chi connectivity index (χ0v) is 14.2. The maximum Gasteiger partial charge on any atom is 0.237 e. The summed E-state index contributed by atoms with van der Waals surface area (Å²) >= 11 is 5.73. The summed E-state index contributed by atoms with van der Waals surface area (Å²) in [6.07, 6.45) is 2.40. The monoisotopic (exact) mass is 322 g/mol. The number of aromatic nitrogens is 2. The van der Waals surface area contributed by atoms with Crippen molar-refractivity contribution < 1.29 is 4.79 Å². The van der Waals surface area contributed by atoms with E-state index in [1.807, 2.05) is 25.5 Å². The Labute approximate surface area is 136 Å². The topological polar surface area (TPSA) is 61.9 Å². The minimum Gasteiger partial charge on any atom is -0.334 e. The molecule has 0 aromatic carbocycles. The Morgan fingerprint density at radius 3 is 2.77 bits per heavy atom. The third-order valence-corrected chi connectivity index (χ3v) is 4.11. The number of nitriles is 1. The van der Waals surface area contributed by atoms with Gasteiger partial charge in [0.25, 0.3) is 0 Å². The smallest absolute Gasteiger partial charge is 0.237 e. The highest BCUT2D eigenvalue weighted by atomic mass is 35.5. The van der Waals surface area contributed by atoms with Crippen LogP contribution in [0.3, 0.4) is 0 Å². The molecule has 5 nitrogen and oxygen atoms in total. The van der Waals surface area contributed by atoms with Gasteiger partial charge in [0, 0.05) is 19.0 Å². The Morgan fingerprint density at radius 1 is 1.59 bits per heavy atom. The van der Waals surface area contributed by atoms with Crippen molar-refractivity contribution in [1.29, 1.82) is 5.26 Å². The zero-order chi connectivity index (χ0) is 16.3. The Kier molecular flexibility index (Phi) is 5.12. The van der Waals surface area contributed by atoms with Gasteiger partial charge >= 0.3 is 0 Å². The van der Waals surface area contributed by atoms with Gasteiger partial charge in [-0.3, -0.25) is 9.48 Å². The van der Waals surface area contributed by atoms with E-state index in [1.165, 1.54) is 12.8 Å². The standard InChI is InChI=1S/C16H23ClN4O/c1-4-21-13(7-14(19-21)12-5-6-12)9-20(15(22)8-17)11-16(2,3)10-18/h7,12H,4-6,8-9,11H2,1-3H3. The summed E-state index contributed by atoms with van der Waals surface area (Å²) in [5, 5.41) is 13.8. The summed E-state index contributed by atoms with van der Waals surface area (Å²) in [6.45, 7) is 7.28. The molecule has 1 aromatic heterocycles. The second-order valence-corrected chi connectivity index (χ2v) is 6.80. The first-order chi connectivity index (χ1) is 10.4. The highest BCUT2D eigenvalue weighted by Gasteiger charge is 2.29. The molecule has 0 saturated heterocycles. The lowest BCUT2D eigenvalue weighted by atomic mass is 9.95. The van der Waals surface area contributed by atoms with E-state index in [2.05, 4.69) is 17.2 Å². The summed E-state index contributed by atoms with van der Waals surface area (Å²) in [6, 6.07) is 4.33. The molecule has 120 valence electrons. The molecule has 1 amide bonds. The fourth-order valence-corrected chi connectivity index (χ4v) is 2.65. The van der Waals surface area contributed by atoms with Crippen molar-refractivity contribution in [1.82, 2.24) is 14.7 Å². The fraction of sp³-hybridized carbons (Fsp3) is 0.688. The lowest BCUT2D eigenvalue weighted by molar-refractivity contribution is -0.130. The molecule has 0 radical (unpaired) electrons. The van der Waals surface area contributed by atoms with Crippen molar-refractivity contribution in [2.24, 2.45) is 5.41 Å². The van der Waals surface area contributed by atoms with E-state index in [-0.39, 0.29) is 11.8 Å². The lowest BCUT2D eigenvalue weighted by Crippen LogP contribution is -2.39. The highest BCUT2D eigenvalue weighted by Crippen LogP contribution is 2.39. The van der Waals surface area contributed by atoms with Gasteiger partial charge in [-0.25, -0.2) is 0 Å². The normalized spacial score (nSPS) is 14.7. The van der Waals surface area contributed by atoms with Crippen LogP contribution in [-0.2, 0) is 17.9 Å². The number of alkyl halides is 1. The van der Waals surface area contributed by atoms with Crippen molar-refractivity contribution in [3.63, 3.8) is 0 Å². The minimum absolute atomic E-state index is 0.0722. The molecule has 6 heteroatoms. The van der Waals surface area contributed by atoms with Crippen LogP contribution in [0.2, 0.25) is 0 Å². The van der Waals surface area contributed by atoms with Gasteiger partial charge in [0.2, 0.25) is 5.91 Å². The molecule has 1 fully saturated rings. The molecule has 0 aliphatic heterocycles. The van der Waals surface area contributed by atoms with Crippen LogP contribution >= 0.6 is 11.6 Å². The summed E-state index contributed by atoms with van der Waals surface area (Å²) < 4.78 is 1.95. The largest absolute Gasteiger partial charge is 0.334 e. The predicted molar refractivity (Wildman–Crippen MR) is 85.4 cm³/mol. The molecule has 1 aliphatic carbocycles. The maximum absolute atomic E-state index is 12.1. The number of halogens is 1. The Bertz CT molecular complexity index is 583. The van der Waals surface area contributed by atoms with Crippen LogP contribution in [0, 0.1) is 16.7 Å². The van der Waals surface area contributed by atoms with Gasteiger partial charge in [0.15, 0.2) is 0 Å². The molecule has 0 bridgehead atoms. The van der Waals surface area contributed by atoms with Crippen LogP contribution in [0.1, 0.15) is 50.9 Å². The second-order valence-electron chi connectivity index (χ2n) is 6.53. The first-order valence-corrected chi connectivity index (χ1v) is 8.25. The number of rotatable bonds is 7. The van der Waals surface area contributed by atoms with E-state index in [0.717, 1.165) is 17.9 Å². The van der Waals surface area contributed by atoms with Gasteiger partial charge in [-0.15, -0.1) is 11.6 Å². The number of nitrogens with zero attached hydrogens (tertiary/aromatic N) is 4. The molecule has 0 spiro atoms. The number of hydrogen-bond acceptors (Lipinski definition) is 3. The summed E-state index contributed by atoms with van der Waals surface area (Å²) in [5.74, 6) is 0.359. The number of carbonyl (C=O) groups is 1. The van der Waals surface area contributed by atoms with Gasteiger partial charge < -0.3 is 4.90 Å². The summed E-state index contributed by atoms with van der Waals surface area (Å²) in [5.41, 5.74) is 1.53. The van der Waals surface area contributed by atoms with Crippen LogP contribution in [0.15, 0.2) is 6.07 Å². The molecule has 0 unspecified atom stereocenters. The SMILES string of the molecule is CCn1nc(C2CC2)cc1CN(CC(C)(C)C#N)C(=O)CCl. The molecule has 1 aromatic rings. The maximum atomic E-state index is 12.1. The third-order valence-electron chi connectivity index (χ3n) is 3.89. The highest BCUT2D eigenvalue weighted by molar-refractivity contribution is 6.27. The van der Waals surface area contributed by atoms with Crippen LogP contribution in [0.5, 0.6) is 0 Å². The average molecular weight is 323 g/mol. The predicted octanol–water partition coefficient (Wildman–Crippen LogP) is 2.90. The van der Waals surface area contributed by atoms with E-state index in [1.54, 1.807) is 4.90 Å². The summed E-state index contributed by atoms with van der Waals surface area (Å²) in [4.78, 5) is 13.8. The van der Waals surface area contributed by atoms with E-state index < -0.39 is 5.41 Å². The first-order valence-electron chi connectivity index (χ1n) is 7.71. The van der Waals surface area contributed by atoms with E-state index in [0.29, 0.717) is 19.0 Å². The van der Waals surface area contributed by atoms with Crippen LogP contribution in [0.4, 0.5) is 0 Å². The molecule has 2 rings (SSSR count). The quantitative estimate of drug-likeness (QED) is 0.725. The zero-order valence-electron chi connectivity index (χ0n) is 13.5. The lowest BCUT2D eigenvalue weighted by Gasteiger charge is -2.28. The number of carbonyl (C=O) groups excluding carboxylic acids is 1. The molecule has 1 saturated carbocycles. The first kappa shape index (κ1) is 16.8. The molecule has 0 N–H and O–H groups in total.